The van der Waals surface area contributed by atoms with Crippen molar-refractivity contribution in [2.45, 2.75) is 97.4 Å². The molecule has 0 radical (unpaired) electrons. The Morgan fingerprint density at radius 3 is 1.74 bits per heavy atom. The maximum absolute atomic E-state index is 12.0. The molecule has 2 saturated heterocycles. The van der Waals surface area contributed by atoms with E-state index in [0.717, 1.165) is 89.8 Å². The van der Waals surface area contributed by atoms with Gasteiger partial charge in [-0.15, -0.1) is 0 Å². The summed E-state index contributed by atoms with van der Waals surface area (Å²) < 4.78 is 13.0. The average molecular weight is 1010 g/mol. The normalized spacial score (nSPS) is 14.6. The minimum absolute atomic E-state index is 0.0658. The molecule has 2 aliphatic rings. The zero-order chi connectivity index (χ0) is 51.2. The van der Waals surface area contributed by atoms with Crippen LogP contribution in [0.2, 0.25) is 0 Å². The van der Waals surface area contributed by atoms with E-state index in [-0.39, 0.29) is 11.8 Å². The van der Waals surface area contributed by atoms with Crippen LogP contribution in [0.5, 0.6) is 0 Å². The van der Waals surface area contributed by atoms with Crippen molar-refractivity contribution in [3.63, 3.8) is 0 Å². The summed E-state index contributed by atoms with van der Waals surface area (Å²) in [5.41, 5.74) is 14.2. The summed E-state index contributed by atoms with van der Waals surface area (Å²) in [7, 11) is 0. The molecule has 0 atom stereocenters. The zero-order valence-corrected chi connectivity index (χ0v) is 43.1. The number of para-hydroxylation sites is 2. The van der Waals surface area contributed by atoms with Gasteiger partial charge in [0.25, 0.3) is 0 Å². The molecule has 6 N–H and O–H groups in total. The fraction of sp³-hybridized carbons (Fsp3) is 0.453. The van der Waals surface area contributed by atoms with Gasteiger partial charge < -0.3 is 31.7 Å². The molecule has 8 heterocycles. The highest BCUT2D eigenvalue weighted by Gasteiger charge is 2.21. The third-order valence-electron chi connectivity index (χ3n) is 13.3. The molecule has 390 valence electrons. The van der Waals surface area contributed by atoms with Crippen LogP contribution in [0.15, 0.2) is 97.8 Å². The van der Waals surface area contributed by atoms with Crippen LogP contribution in [0, 0.1) is 0 Å². The van der Waals surface area contributed by atoms with Gasteiger partial charge in [-0.1, -0.05) is 64.1 Å². The summed E-state index contributed by atoms with van der Waals surface area (Å²) in [5.74, 6) is 3.49. The van der Waals surface area contributed by atoms with E-state index < -0.39 is 0 Å². The maximum atomic E-state index is 12.0. The fourth-order valence-electron chi connectivity index (χ4n) is 9.23. The number of carbonyl (C=O) groups excluding carboxylic acids is 1. The molecule has 2 fully saturated rings. The number of piperidine rings is 1. The van der Waals surface area contributed by atoms with Crippen LogP contribution >= 0.6 is 0 Å². The Morgan fingerprint density at radius 2 is 1.19 bits per heavy atom. The molecule has 1 amide bonds. The third kappa shape index (κ3) is 13.3. The van der Waals surface area contributed by atoms with Crippen molar-refractivity contribution in [2.24, 2.45) is 5.73 Å². The molecule has 0 unspecified atom stereocenters. The number of nitrogens with two attached hydrogens (primary N) is 1. The second-order valence-electron chi connectivity index (χ2n) is 19.5. The van der Waals surface area contributed by atoms with Crippen molar-refractivity contribution in [3.8, 4) is 11.4 Å². The molecule has 2 aliphatic heterocycles. The number of rotatable bonds is 22. The molecule has 0 saturated carbocycles. The number of nitrogens with zero attached hydrogens (tertiary/aromatic N) is 14. The Balaban J connectivity index is 0.000000186. The van der Waals surface area contributed by atoms with E-state index in [4.69, 9.17) is 30.4 Å². The molecule has 0 spiro atoms. The molecule has 10 rings (SSSR count). The number of nitrogens with one attached hydrogen (secondary N) is 4. The first-order valence-electron chi connectivity index (χ1n) is 26.0. The van der Waals surface area contributed by atoms with Crippen LogP contribution in [0.25, 0.3) is 22.7 Å². The predicted octanol–water partition coefficient (Wildman–Crippen LogP) is 5.33. The van der Waals surface area contributed by atoms with E-state index in [9.17, 15) is 4.79 Å². The molecule has 21 nitrogen and oxygen atoms in total. The second kappa shape index (κ2) is 25.2. The second-order valence-corrected chi connectivity index (χ2v) is 19.5. The monoisotopic (exact) mass is 1010 g/mol. The first kappa shape index (κ1) is 51.7. The van der Waals surface area contributed by atoms with Crippen molar-refractivity contribution < 1.29 is 9.53 Å². The van der Waals surface area contributed by atoms with Crippen LogP contribution in [0.3, 0.4) is 0 Å². The Morgan fingerprint density at radius 1 is 0.649 bits per heavy atom. The molecule has 6 aromatic heterocycles. The smallest absolute Gasteiger partial charge is 0.234 e. The number of fused-ring (bicyclic) bond motifs is 2. The minimum Gasteiger partial charge on any atom is -0.378 e. The lowest BCUT2D eigenvalue weighted by Crippen LogP contribution is -2.39. The zero-order valence-electron chi connectivity index (χ0n) is 43.1. The van der Waals surface area contributed by atoms with Crippen molar-refractivity contribution in [1.82, 2.24) is 79.2 Å². The molecule has 74 heavy (non-hydrogen) atoms. The largest absolute Gasteiger partial charge is 0.378 e. The van der Waals surface area contributed by atoms with Gasteiger partial charge in [0.2, 0.25) is 17.8 Å². The number of likely N-dealkylation sites (tertiary alicyclic amines) is 2. The summed E-state index contributed by atoms with van der Waals surface area (Å²) in [4.78, 5) is 36.0. The highest BCUT2D eigenvalue weighted by Crippen LogP contribution is 2.25. The van der Waals surface area contributed by atoms with Gasteiger partial charge in [0.05, 0.1) is 56.6 Å². The average Bonchev–Trinajstić information content (AvgIpc) is 4.28. The lowest BCUT2D eigenvalue weighted by Gasteiger charge is -2.29. The Hall–Kier alpha value is -7.17. The molecule has 21 heteroatoms. The number of anilines is 2. The highest BCUT2D eigenvalue weighted by molar-refractivity contribution is 5.78. The number of carbonyl (C=O) groups is 1. The van der Waals surface area contributed by atoms with Gasteiger partial charge >= 0.3 is 0 Å². The molecule has 2 aromatic carbocycles. The highest BCUT2D eigenvalue weighted by atomic mass is 16.5. The van der Waals surface area contributed by atoms with E-state index in [1.54, 1.807) is 16.9 Å². The van der Waals surface area contributed by atoms with E-state index in [1.807, 2.05) is 81.1 Å². The maximum Gasteiger partial charge on any atom is 0.234 e. The van der Waals surface area contributed by atoms with Crippen LogP contribution in [-0.4, -0.2) is 140 Å². The summed E-state index contributed by atoms with van der Waals surface area (Å²) in [5, 5.41) is 31.3. The third-order valence-corrected chi connectivity index (χ3v) is 13.3. The number of hydrogen-bond donors (Lipinski definition) is 5. The van der Waals surface area contributed by atoms with Gasteiger partial charge in [-0.25, -0.2) is 19.3 Å². The topological polar surface area (TPSA) is 229 Å². The molecular formula is C53H71N19O2. The van der Waals surface area contributed by atoms with Gasteiger partial charge in [-0.2, -0.15) is 39.4 Å². The lowest BCUT2D eigenvalue weighted by molar-refractivity contribution is -0.122. The van der Waals surface area contributed by atoms with Crippen molar-refractivity contribution >= 4 is 29.1 Å². The number of ether oxygens (including phenoxy) is 1. The van der Waals surface area contributed by atoms with Crippen LogP contribution in [0.4, 0.5) is 11.9 Å². The minimum atomic E-state index is 0.0658. The van der Waals surface area contributed by atoms with Crippen molar-refractivity contribution in [3.05, 3.63) is 132 Å². The molecule has 0 aliphatic carbocycles. The van der Waals surface area contributed by atoms with E-state index in [2.05, 4.69) is 97.4 Å². The molecular weight excluding hydrogens is 935 g/mol. The van der Waals surface area contributed by atoms with E-state index >= 15 is 0 Å². The molecule has 0 bridgehead atoms. The summed E-state index contributed by atoms with van der Waals surface area (Å²) in [6, 6.07) is 20.5. The van der Waals surface area contributed by atoms with Crippen molar-refractivity contribution in [2.75, 3.05) is 69.7 Å². The van der Waals surface area contributed by atoms with Crippen LogP contribution in [0.1, 0.15) is 99.1 Å². The SMILES string of the molecule is CC(C)c1cnn2c(NCc3ccccc3-n3cccn3)nc(CN3CCC(N)CC3)nc12.CC(C)c1cnn2c(NCc3ccccc3-n3cccn3)nc(CNCCOCCNC(=O)CN3CCCC3)nc12. The van der Waals surface area contributed by atoms with Crippen LogP contribution in [-0.2, 0) is 35.7 Å². The van der Waals surface area contributed by atoms with Gasteiger partial charge in [-0.05, 0) is 86.0 Å². The van der Waals surface area contributed by atoms with Crippen molar-refractivity contribution in [1.29, 1.82) is 0 Å². The van der Waals surface area contributed by atoms with Crippen LogP contribution < -0.4 is 27.0 Å². The summed E-state index contributed by atoms with van der Waals surface area (Å²) >= 11 is 0. The fourth-order valence-corrected chi connectivity index (χ4v) is 9.23. The van der Waals surface area contributed by atoms with E-state index in [1.165, 1.54) is 12.8 Å². The summed E-state index contributed by atoms with van der Waals surface area (Å²) in [6.45, 7) is 17.6. The standard InChI is InChI=1S/C29H40N10O2.C24H31N9/c1-22(2)24-19-34-39-28(24)35-26(20-30-11-16-41-17-12-31-27(40)21-37-13-5-6-14-37)36-29(39)32-18-23-8-3-4-9-25(23)38-15-7-10-33-38;1-17(2)20-15-28-33-23(20)29-22(16-31-12-8-19(25)9-13-31)30-24(33)26-14-18-6-3-4-7-21(18)32-11-5-10-27-32/h3-4,7-10,15,19,22,30H,5-6,11-14,16-18,20-21H2,1-2H3,(H,31,40)(H,32,35,36);3-7,10-11,15,17,19H,8-9,12-14,16,25H2,1-2H3,(H,26,29,30). The Kier molecular flexibility index (Phi) is 17.6. The van der Waals surface area contributed by atoms with Gasteiger partial charge in [0, 0.05) is 81.2 Å². The number of aromatic nitrogens is 12. The van der Waals surface area contributed by atoms with Gasteiger partial charge in [0.15, 0.2) is 11.3 Å². The lowest BCUT2D eigenvalue weighted by atomic mass is 10.1. The van der Waals surface area contributed by atoms with E-state index in [0.29, 0.717) is 88.7 Å². The number of benzene rings is 2. The number of hydrogen-bond acceptors (Lipinski definition) is 16. The van der Waals surface area contributed by atoms with Gasteiger partial charge in [-0.3, -0.25) is 14.6 Å². The summed E-state index contributed by atoms with van der Waals surface area (Å²) in [6.07, 6.45) is 15.6. The number of amides is 1. The predicted molar refractivity (Wildman–Crippen MR) is 285 cm³/mol. The first-order chi connectivity index (χ1) is 36.2. The molecule has 8 aromatic rings. The van der Waals surface area contributed by atoms with Gasteiger partial charge in [0.1, 0.15) is 11.6 Å². The Labute approximate surface area is 432 Å². The first-order valence-corrected chi connectivity index (χ1v) is 26.0. The quantitative estimate of drug-likeness (QED) is 0.0541. The Bertz CT molecular complexity index is 3010.